The van der Waals surface area contributed by atoms with E-state index in [9.17, 15) is 5.26 Å². The van der Waals surface area contributed by atoms with Gasteiger partial charge in [-0.15, -0.1) is 0 Å². The summed E-state index contributed by atoms with van der Waals surface area (Å²) in [6, 6.07) is 10.1. The molecule has 0 aliphatic rings. The number of nitrogens with zero attached hydrogens (tertiary/aromatic N) is 3. The standard InChI is InChI=1S/C15H18N4/c1-11(2)14-6-7-19(18-14)15-5-4-12(10-17-3)8-13(15)9-16/h4-8,11,17H,10H2,1-3H3. The van der Waals surface area contributed by atoms with Crippen molar-refractivity contribution in [1.82, 2.24) is 15.1 Å². The number of nitrogens with one attached hydrogen (secondary N) is 1. The molecule has 1 heterocycles. The van der Waals surface area contributed by atoms with Crippen LogP contribution in [-0.4, -0.2) is 16.8 Å². The number of aromatic nitrogens is 2. The second kappa shape index (κ2) is 5.68. The van der Waals surface area contributed by atoms with Crippen molar-refractivity contribution >= 4 is 0 Å². The van der Waals surface area contributed by atoms with E-state index in [1.807, 2.05) is 37.5 Å². The smallest absolute Gasteiger partial charge is 0.101 e. The Morgan fingerprint density at radius 1 is 1.37 bits per heavy atom. The number of nitriles is 1. The molecule has 0 fully saturated rings. The van der Waals surface area contributed by atoms with Crippen LogP contribution < -0.4 is 5.32 Å². The fourth-order valence-electron chi connectivity index (χ4n) is 1.97. The lowest BCUT2D eigenvalue weighted by Gasteiger charge is -2.07. The molecule has 2 aromatic rings. The van der Waals surface area contributed by atoms with E-state index in [1.54, 1.807) is 4.68 Å². The highest BCUT2D eigenvalue weighted by Crippen LogP contribution is 2.18. The molecule has 98 valence electrons. The van der Waals surface area contributed by atoms with Gasteiger partial charge in [0.05, 0.1) is 16.9 Å². The van der Waals surface area contributed by atoms with Crippen LogP contribution in [0, 0.1) is 11.3 Å². The van der Waals surface area contributed by atoms with Crippen LogP contribution in [0.5, 0.6) is 0 Å². The van der Waals surface area contributed by atoms with Gasteiger partial charge in [0.1, 0.15) is 6.07 Å². The van der Waals surface area contributed by atoms with Crippen LogP contribution in [0.15, 0.2) is 30.5 Å². The van der Waals surface area contributed by atoms with Gasteiger partial charge in [-0.3, -0.25) is 0 Å². The molecule has 4 heteroatoms. The Morgan fingerprint density at radius 3 is 2.74 bits per heavy atom. The minimum absolute atomic E-state index is 0.385. The van der Waals surface area contributed by atoms with Crippen molar-refractivity contribution in [2.75, 3.05) is 7.05 Å². The van der Waals surface area contributed by atoms with Crippen LogP contribution >= 0.6 is 0 Å². The minimum Gasteiger partial charge on any atom is -0.316 e. The van der Waals surface area contributed by atoms with E-state index in [0.29, 0.717) is 11.5 Å². The fourth-order valence-corrected chi connectivity index (χ4v) is 1.97. The zero-order chi connectivity index (χ0) is 13.8. The molecule has 0 bridgehead atoms. The zero-order valence-electron chi connectivity index (χ0n) is 11.5. The Bertz CT molecular complexity index is 605. The van der Waals surface area contributed by atoms with Crippen LogP contribution in [0.2, 0.25) is 0 Å². The highest BCUT2D eigenvalue weighted by molar-refractivity contribution is 5.50. The monoisotopic (exact) mass is 254 g/mol. The molecule has 2 rings (SSSR count). The number of benzene rings is 1. The summed E-state index contributed by atoms with van der Waals surface area (Å²) in [5, 5.41) is 16.9. The molecule has 1 aromatic carbocycles. The van der Waals surface area contributed by atoms with Gasteiger partial charge in [-0.05, 0) is 36.7 Å². The summed E-state index contributed by atoms with van der Waals surface area (Å²) >= 11 is 0. The average Bonchev–Trinajstić information content (AvgIpc) is 2.88. The predicted octanol–water partition coefficient (Wildman–Crippen LogP) is 2.59. The predicted molar refractivity (Wildman–Crippen MR) is 75.1 cm³/mol. The number of hydrogen-bond acceptors (Lipinski definition) is 3. The summed E-state index contributed by atoms with van der Waals surface area (Å²) < 4.78 is 1.77. The third-order valence-electron chi connectivity index (χ3n) is 3.01. The van der Waals surface area contributed by atoms with Gasteiger partial charge in [-0.2, -0.15) is 10.4 Å². The second-order valence-corrected chi connectivity index (χ2v) is 4.83. The first-order chi connectivity index (χ1) is 9.15. The van der Waals surface area contributed by atoms with Gasteiger partial charge in [0.25, 0.3) is 0 Å². The van der Waals surface area contributed by atoms with Gasteiger partial charge in [0.2, 0.25) is 0 Å². The van der Waals surface area contributed by atoms with Crippen molar-refractivity contribution in [3.63, 3.8) is 0 Å². The Balaban J connectivity index is 2.41. The number of rotatable bonds is 4. The fraction of sp³-hybridized carbons (Fsp3) is 0.333. The average molecular weight is 254 g/mol. The van der Waals surface area contributed by atoms with E-state index in [-0.39, 0.29) is 0 Å². The zero-order valence-corrected chi connectivity index (χ0v) is 11.5. The van der Waals surface area contributed by atoms with E-state index in [4.69, 9.17) is 0 Å². The lowest BCUT2D eigenvalue weighted by molar-refractivity contribution is 0.766. The molecule has 0 amide bonds. The molecule has 4 nitrogen and oxygen atoms in total. The SMILES string of the molecule is CNCc1ccc(-n2ccc(C(C)C)n2)c(C#N)c1. The summed E-state index contributed by atoms with van der Waals surface area (Å²) in [7, 11) is 1.89. The molecule has 0 aliphatic carbocycles. The van der Waals surface area contributed by atoms with Gasteiger partial charge in [-0.1, -0.05) is 19.9 Å². The molecule has 1 N–H and O–H groups in total. The third-order valence-corrected chi connectivity index (χ3v) is 3.01. The maximum Gasteiger partial charge on any atom is 0.101 e. The molecule has 0 spiro atoms. The van der Waals surface area contributed by atoms with Crippen LogP contribution in [0.4, 0.5) is 0 Å². The molecule has 0 radical (unpaired) electrons. The van der Waals surface area contributed by atoms with E-state index in [0.717, 1.165) is 23.5 Å². The highest BCUT2D eigenvalue weighted by Gasteiger charge is 2.09. The first-order valence-corrected chi connectivity index (χ1v) is 6.39. The molecule has 1 aromatic heterocycles. The Kier molecular flexibility index (Phi) is 3.98. The maximum absolute atomic E-state index is 9.28. The summed E-state index contributed by atoms with van der Waals surface area (Å²) in [4.78, 5) is 0. The van der Waals surface area contributed by atoms with Crippen molar-refractivity contribution in [2.24, 2.45) is 0 Å². The quantitative estimate of drug-likeness (QED) is 0.912. The summed E-state index contributed by atoms with van der Waals surface area (Å²) in [6.07, 6.45) is 1.91. The normalized spacial score (nSPS) is 10.7. The van der Waals surface area contributed by atoms with Crippen molar-refractivity contribution in [2.45, 2.75) is 26.3 Å². The highest BCUT2D eigenvalue weighted by atomic mass is 15.3. The van der Waals surface area contributed by atoms with Crippen LogP contribution in [-0.2, 0) is 6.54 Å². The van der Waals surface area contributed by atoms with Gasteiger partial charge in [0.15, 0.2) is 0 Å². The Morgan fingerprint density at radius 2 is 2.16 bits per heavy atom. The summed E-state index contributed by atoms with van der Waals surface area (Å²) in [5.41, 5.74) is 3.60. The molecular formula is C15H18N4. The van der Waals surface area contributed by atoms with Crippen LogP contribution in [0.3, 0.4) is 0 Å². The van der Waals surface area contributed by atoms with E-state index in [2.05, 4.69) is 30.3 Å². The van der Waals surface area contributed by atoms with Gasteiger partial charge >= 0.3 is 0 Å². The van der Waals surface area contributed by atoms with Crippen molar-refractivity contribution in [1.29, 1.82) is 5.26 Å². The molecule has 0 unspecified atom stereocenters. The van der Waals surface area contributed by atoms with E-state index >= 15 is 0 Å². The molecule has 0 saturated heterocycles. The Labute approximate surface area is 113 Å². The first kappa shape index (κ1) is 13.3. The maximum atomic E-state index is 9.28. The largest absolute Gasteiger partial charge is 0.316 e. The second-order valence-electron chi connectivity index (χ2n) is 4.83. The van der Waals surface area contributed by atoms with E-state index < -0.39 is 0 Å². The van der Waals surface area contributed by atoms with E-state index in [1.165, 1.54) is 0 Å². The summed E-state index contributed by atoms with van der Waals surface area (Å²) in [6.45, 7) is 4.97. The lowest BCUT2D eigenvalue weighted by atomic mass is 10.1. The van der Waals surface area contributed by atoms with Crippen molar-refractivity contribution < 1.29 is 0 Å². The first-order valence-electron chi connectivity index (χ1n) is 6.39. The van der Waals surface area contributed by atoms with Gasteiger partial charge in [0, 0.05) is 12.7 Å². The third kappa shape index (κ3) is 2.83. The van der Waals surface area contributed by atoms with Crippen molar-refractivity contribution in [3.05, 3.63) is 47.3 Å². The molecule has 19 heavy (non-hydrogen) atoms. The summed E-state index contributed by atoms with van der Waals surface area (Å²) in [5.74, 6) is 0.385. The Hall–Kier alpha value is -2.12. The van der Waals surface area contributed by atoms with Gasteiger partial charge < -0.3 is 5.32 Å². The molecule has 0 aliphatic heterocycles. The van der Waals surface area contributed by atoms with Crippen LogP contribution in [0.1, 0.15) is 36.6 Å². The number of hydrogen-bond donors (Lipinski definition) is 1. The molecule has 0 saturated carbocycles. The lowest BCUT2D eigenvalue weighted by Crippen LogP contribution is -2.06. The van der Waals surface area contributed by atoms with Crippen LogP contribution in [0.25, 0.3) is 5.69 Å². The minimum atomic E-state index is 0.385. The topological polar surface area (TPSA) is 53.6 Å². The van der Waals surface area contributed by atoms with Crippen molar-refractivity contribution in [3.8, 4) is 11.8 Å². The van der Waals surface area contributed by atoms with Gasteiger partial charge in [-0.25, -0.2) is 4.68 Å². The molecule has 0 atom stereocenters. The molecular weight excluding hydrogens is 236 g/mol.